The standard InChI is InChI=1S/C45H31NO2/c1-45(2)36-17-9-6-15-32(36)33-22-20-29(26-37(33)45)46(38-18-10-7-14-31(38)28-12-4-3-5-13-28)30-21-23-35-42(27-30)48-41-25-24-40-43(44(35)41)34-16-8-11-19-39(34)47-40/h3-27H,1-2H3. The zero-order valence-electron chi connectivity index (χ0n) is 26.7. The Labute approximate surface area is 278 Å². The van der Waals surface area contributed by atoms with Crippen molar-refractivity contribution in [3.63, 3.8) is 0 Å². The fourth-order valence-corrected chi connectivity index (χ4v) is 8.00. The van der Waals surface area contributed by atoms with Crippen LogP contribution in [0.15, 0.2) is 160 Å². The number of rotatable bonds is 4. The molecule has 3 nitrogen and oxygen atoms in total. The molecule has 0 spiro atoms. The normalized spacial score (nSPS) is 13.4. The second-order valence-corrected chi connectivity index (χ2v) is 13.3. The Morgan fingerprint density at radius 1 is 0.438 bits per heavy atom. The maximum Gasteiger partial charge on any atom is 0.137 e. The molecule has 1 aliphatic carbocycles. The Balaban J connectivity index is 1.22. The van der Waals surface area contributed by atoms with Crippen molar-refractivity contribution in [1.82, 2.24) is 0 Å². The topological polar surface area (TPSA) is 29.5 Å². The van der Waals surface area contributed by atoms with E-state index >= 15 is 0 Å². The van der Waals surface area contributed by atoms with Gasteiger partial charge in [-0.15, -0.1) is 0 Å². The van der Waals surface area contributed by atoms with Gasteiger partial charge in [-0.25, -0.2) is 0 Å². The fraction of sp³-hybridized carbons (Fsp3) is 0.0667. The minimum absolute atomic E-state index is 0.117. The van der Waals surface area contributed by atoms with Crippen LogP contribution in [0.4, 0.5) is 17.1 Å². The third-order valence-corrected chi connectivity index (χ3v) is 10.3. The second kappa shape index (κ2) is 9.97. The molecule has 0 aliphatic heterocycles. The van der Waals surface area contributed by atoms with E-state index in [1.54, 1.807) is 0 Å². The second-order valence-electron chi connectivity index (χ2n) is 13.3. The van der Waals surface area contributed by atoms with Gasteiger partial charge in [0, 0.05) is 50.0 Å². The van der Waals surface area contributed by atoms with Crippen molar-refractivity contribution < 1.29 is 8.83 Å². The first kappa shape index (κ1) is 27.1. The van der Waals surface area contributed by atoms with Crippen LogP contribution >= 0.6 is 0 Å². The van der Waals surface area contributed by atoms with Gasteiger partial charge in [-0.3, -0.25) is 0 Å². The summed E-state index contributed by atoms with van der Waals surface area (Å²) in [6, 6.07) is 54.0. The van der Waals surface area contributed by atoms with E-state index in [1.807, 2.05) is 24.3 Å². The first-order valence-corrected chi connectivity index (χ1v) is 16.5. The summed E-state index contributed by atoms with van der Waals surface area (Å²) in [7, 11) is 0. The molecule has 48 heavy (non-hydrogen) atoms. The highest BCUT2D eigenvalue weighted by molar-refractivity contribution is 6.25. The van der Waals surface area contributed by atoms with Crippen LogP contribution in [0.5, 0.6) is 0 Å². The summed E-state index contributed by atoms with van der Waals surface area (Å²) in [5, 5.41) is 4.37. The highest BCUT2D eigenvalue weighted by atomic mass is 16.3. The quantitative estimate of drug-likeness (QED) is 0.197. The largest absolute Gasteiger partial charge is 0.456 e. The molecular formula is C45H31NO2. The molecule has 0 bridgehead atoms. The average molecular weight is 618 g/mol. The number of fused-ring (bicyclic) bond motifs is 10. The third kappa shape index (κ3) is 3.82. The van der Waals surface area contributed by atoms with E-state index in [9.17, 15) is 0 Å². The monoisotopic (exact) mass is 617 g/mol. The Morgan fingerprint density at radius 3 is 1.88 bits per heavy atom. The summed E-state index contributed by atoms with van der Waals surface area (Å²) in [6.07, 6.45) is 0. The van der Waals surface area contributed by atoms with Crippen LogP contribution in [-0.2, 0) is 5.41 Å². The van der Waals surface area contributed by atoms with Crippen LogP contribution < -0.4 is 4.90 Å². The summed E-state index contributed by atoms with van der Waals surface area (Å²) in [4.78, 5) is 2.39. The number of furan rings is 2. The molecule has 1 aliphatic rings. The number of hydrogen-bond acceptors (Lipinski definition) is 3. The summed E-state index contributed by atoms with van der Waals surface area (Å²) in [5.74, 6) is 0. The highest BCUT2D eigenvalue weighted by Crippen LogP contribution is 2.51. The number of para-hydroxylation sites is 2. The maximum atomic E-state index is 6.64. The van der Waals surface area contributed by atoms with Gasteiger partial charge >= 0.3 is 0 Å². The zero-order chi connectivity index (χ0) is 32.0. The van der Waals surface area contributed by atoms with Gasteiger partial charge in [0.25, 0.3) is 0 Å². The molecule has 228 valence electrons. The Bertz CT molecular complexity index is 2710. The predicted octanol–water partition coefficient (Wildman–Crippen LogP) is 12.9. The van der Waals surface area contributed by atoms with Gasteiger partial charge in [0.1, 0.15) is 22.3 Å². The molecule has 7 aromatic carbocycles. The van der Waals surface area contributed by atoms with Crippen LogP contribution in [0.2, 0.25) is 0 Å². The fourth-order valence-electron chi connectivity index (χ4n) is 8.00. The van der Waals surface area contributed by atoms with Gasteiger partial charge in [-0.2, -0.15) is 0 Å². The Kier molecular flexibility index (Phi) is 5.63. The van der Waals surface area contributed by atoms with Crippen molar-refractivity contribution in [3.05, 3.63) is 163 Å². The minimum Gasteiger partial charge on any atom is -0.456 e. The van der Waals surface area contributed by atoms with Crippen LogP contribution in [0.3, 0.4) is 0 Å². The molecule has 9 aromatic rings. The molecule has 0 unspecified atom stereocenters. The Hall–Kier alpha value is -6.06. The van der Waals surface area contributed by atoms with Crippen molar-refractivity contribution in [3.8, 4) is 22.3 Å². The van der Waals surface area contributed by atoms with E-state index in [1.165, 1.54) is 27.8 Å². The third-order valence-electron chi connectivity index (χ3n) is 10.3. The molecule has 0 atom stereocenters. The molecule has 3 heteroatoms. The van der Waals surface area contributed by atoms with Gasteiger partial charge in [-0.05, 0) is 76.3 Å². The highest BCUT2D eigenvalue weighted by Gasteiger charge is 2.36. The van der Waals surface area contributed by atoms with Gasteiger partial charge in [-0.1, -0.05) is 111 Å². The van der Waals surface area contributed by atoms with Gasteiger partial charge in [0.2, 0.25) is 0 Å². The summed E-state index contributed by atoms with van der Waals surface area (Å²) in [6.45, 7) is 4.68. The van der Waals surface area contributed by atoms with E-state index in [0.29, 0.717) is 0 Å². The lowest BCUT2D eigenvalue weighted by Gasteiger charge is -2.29. The summed E-state index contributed by atoms with van der Waals surface area (Å²) >= 11 is 0. The van der Waals surface area contributed by atoms with E-state index in [-0.39, 0.29) is 5.41 Å². The number of nitrogens with zero attached hydrogens (tertiary/aromatic N) is 1. The lowest BCUT2D eigenvalue weighted by atomic mass is 9.82. The summed E-state index contributed by atoms with van der Waals surface area (Å²) < 4.78 is 12.9. The first-order valence-electron chi connectivity index (χ1n) is 16.5. The van der Waals surface area contributed by atoms with Crippen molar-refractivity contribution in [2.45, 2.75) is 19.3 Å². The van der Waals surface area contributed by atoms with Crippen LogP contribution in [0, 0.1) is 0 Å². The molecule has 0 amide bonds. The Morgan fingerprint density at radius 2 is 1.04 bits per heavy atom. The van der Waals surface area contributed by atoms with Gasteiger partial charge in [0.05, 0.1) is 5.69 Å². The molecule has 10 rings (SSSR count). The molecular weight excluding hydrogens is 587 g/mol. The van der Waals surface area contributed by atoms with Crippen molar-refractivity contribution >= 4 is 60.9 Å². The smallest absolute Gasteiger partial charge is 0.137 e. The average Bonchev–Trinajstić information content (AvgIpc) is 3.76. The van der Waals surface area contributed by atoms with Gasteiger partial charge in [0.15, 0.2) is 0 Å². The van der Waals surface area contributed by atoms with E-state index in [0.717, 1.165) is 66.5 Å². The molecule has 2 aromatic heterocycles. The van der Waals surface area contributed by atoms with Crippen LogP contribution in [0.25, 0.3) is 66.1 Å². The zero-order valence-corrected chi connectivity index (χ0v) is 26.7. The van der Waals surface area contributed by atoms with Crippen LogP contribution in [0.1, 0.15) is 25.0 Å². The molecule has 0 saturated heterocycles. The summed E-state index contributed by atoms with van der Waals surface area (Å²) in [5.41, 5.74) is 14.3. The number of anilines is 3. The molecule has 0 radical (unpaired) electrons. The number of hydrogen-bond donors (Lipinski definition) is 0. The molecule has 0 saturated carbocycles. The number of benzene rings is 7. The van der Waals surface area contributed by atoms with E-state index in [4.69, 9.17) is 8.83 Å². The van der Waals surface area contributed by atoms with Gasteiger partial charge < -0.3 is 13.7 Å². The maximum absolute atomic E-state index is 6.64. The van der Waals surface area contributed by atoms with Crippen LogP contribution in [-0.4, -0.2) is 0 Å². The molecule has 0 fully saturated rings. The SMILES string of the molecule is CC1(C)c2ccccc2-c2ccc(N(c3ccc4c(c3)oc3ccc5oc6ccccc6c5c34)c3ccccc3-c3ccccc3)cc21. The van der Waals surface area contributed by atoms with E-state index < -0.39 is 0 Å². The van der Waals surface area contributed by atoms with E-state index in [2.05, 4.69) is 146 Å². The molecule has 0 N–H and O–H groups in total. The lowest BCUT2D eigenvalue weighted by molar-refractivity contribution is 0.660. The predicted molar refractivity (Wildman–Crippen MR) is 199 cm³/mol. The van der Waals surface area contributed by atoms with Crippen molar-refractivity contribution in [2.75, 3.05) is 4.90 Å². The molecule has 2 heterocycles. The first-order chi connectivity index (χ1) is 23.6. The lowest BCUT2D eigenvalue weighted by Crippen LogP contribution is -2.16. The van der Waals surface area contributed by atoms with Crippen molar-refractivity contribution in [1.29, 1.82) is 0 Å². The minimum atomic E-state index is -0.117. The van der Waals surface area contributed by atoms with Crippen molar-refractivity contribution in [2.24, 2.45) is 0 Å².